The number of hydrogen-bond donors (Lipinski definition) is 2. The maximum absolute atomic E-state index is 13.4. The van der Waals surface area contributed by atoms with Crippen molar-refractivity contribution in [2.24, 2.45) is 11.8 Å². The summed E-state index contributed by atoms with van der Waals surface area (Å²) in [7, 11) is 0. The molecule has 3 N–H and O–H groups in total. The Kier molecular flexibility index (Phi) is 4.21. The second kappa shape index (κ2) is 5.96. The monoisotopic (exact) mass is 298 g/mol. The average molecular weight is 298 g/mol. The van der Waals surface area contributed by atoms with Crippen molar-refractivity contribution in [3.8, 4) is 0 Å². The number of ether oxygens (including phenoxy) is 2. The smallest absolute Gasteiger partial charge is 0.159 e. The van der Waals surface area contributed by atoms with Crippen LogP contribution in [0.1, 0.15) is 30.9 Å². The number of benzene rings is 1. The Hall–Kier alpha value is -1.08. The van der Waals surface area contributed by atoms with Crippen molar-refractivity contribution in [3.63, 3.8) is 0 Å². The van der Waals surface area contributed by atoms with Crippen LogP contribution in [0.2, 0.25) is 0 Å². The number of hydrazine groups is 1. The first kappa shape index (κ1) is 14.8. The molecule has 3 rings (SSSR count). The zero-order valence-corrected chi connectivity index (χ0v) is 11.8. The lowest BCUT2D eigenvalue weighted by atomic mass is 9.79. The molecule has 1 aromatic carbocycles. The lowest BCUT2D eigenvalue weighted by molar-refractivity contribution is -0.103. The zero-order chi connectivity index (χ0) is 14.9. The molecule has 3 unspecified atom stereocenters. The summed E-state index contributed by atoms with van der Waals surface area (Å²) in [5.41, 5.74) is 3.18. The summed E-state index contributed by atoms with van der Waals surface area (Å²) >= 11 is 0. The van der Waals surface area contributed by atoms with Gasteiger partial charge in [0.2, 0.25) is 0 Å². The van der Waals surface area contributed by atoms with Gasteiger partial charge >= 0.3 is 0 Å². The summed E-state index contributed by atoms with van der Waals surface area (Å²) in [5.74, 6) is 4.18. The quantitative estimate of drug-likeness (QED) is 0.662. The van der Waals surface area contributed by atoms with E-state index in [1.165, 1.54) is 6.07 Å². The van der Waals surface area contributed by atoms with E-state index in [4.69, 9.17) is 15.3 Å². The molecule has 4 nitrogen and oxygen atoms in total. The molecule has 0 amide bonds. The van der Waals surface area contributed by atoms with Crippen molar-refractivity contribution in [2.75, 3.05) is 19.8 Å². The predicted octanol–water partition coefficient (Wildman–Crippen LogP) is 2.05. The molecule has 0 radical (unpaired) electrons. The number of halogens is 2. The number of rotatable bonds is 3. The number of nitrogens with two attached hydrogens (primary N) is 1. The molecule has 2 aliphatic heterocycles. The van der Waals surface area contributed by atoms with E-state index in [9.17, 15) is 8.78 Å². The molecule has 116 valence electrons. The van der Waals surface area contributed by atoms with Crippen LogP contribution in [0.25, 0.3) is 0 Å². The van der Waals surface area contributed by atoms with Gasteiger partial charge in [-0.2, -0.15) is 0 Å². The first-order valence-electron chi connectivity index (χ1n) is 7.26. The van der Waals surface area contributed by atoms with Crippen molar-refractivity contribution < 1.29 is 18.3 Å². The largest absolute Gasteiger partial charge is 0.378 e. The van der Waals surface area contributed by atoms with Crippen LogP contribution < -0.4 is 11.3 Å². The van der Waals surface area contributed by atoms with Gasteiger partial charge in [-0.3, -0.25) is 11.3 Å². The fourth-order valence-corrected chi connectivity index (χ4v) is 3.42. The average Bonchev–Trinajstić information content (AvgIpc) is 2.91. The predicted molar refractivity (Wildman–Crippen MR) is 73.3 cm³/mol. The van der Waals surface area contributed by atoms with Crippen LogP contribution >= 0.6 is 0 Å². The van der Waals surface area contributed by atoms with Crippen LogP contribution in [0.4, 0.5) is 8.78 Å². The molecule has 6 heteroatoms. The molecule has 2 saturated heterocycles. The standard InChI is InChI=1S/C15H20F2N2O2/c16-12-2-1-10(7-13(12)17)14(19-18)11-3-5-21-15(8-11)4-6-20-9-15/h1-2,7,11,14,19H,3-6,8-9,18H2. The Balaban J connectivity index is 1.80. The molecule has 1 spiro atoms. The third-order valence-corrected chi connectivity index (χ3v) is 4.55. The Morgan fingerprint density at radius 3 is 2.81 bits per heavy atom. The third kappa shape index (κ3) is 2.94. The minimum absolute atomic E-state index is 0.204. The lowest BCUT2D eigenvalue weighted by Gasteiger charge is -2.40. The zero-order valence-electron chi connectivity index (χ0n) is 11.8. The normalized spacial score (nSPS) is 30.7. The van der Waals surface area contributed by atoms with Crippen molar-refractivity contribution in [3.05, 3.63) is 35.4 Å². The molecule has 0 saturated carbocycles. The third-order valence-electron chi connectivity index (χ3n) is 4.55. The molecule has 0 aliphatic carbocycles. The van der Waals surface area contributed by atoms with E-state index in [1.807, 2.05) is 0 Å². The maximum atomic E-state index is 13.4. The maximum Gasteiger partial charge on any atom is 0.159 e. The van der Waals surface area contributed by atoms with E-state index in [-0.39, 0.29) is 17.6 Å². The van der Waals surface area contributed by atoms with Crippen LogP contribution in [0.15, 0.2) is 18.2 Å². The highest BCUT2D eigenvalue weighted by atomic mass is 19.2. The van der Waals surface area contributed by atoms with Gasteiger partial charge < -0.3 is 9.47 Å². The Morgan fingerprint density at radius 1 is 1.29 bits per heavy atom. The topological polar surface area (TPSA) is 56.5 Å². The summed E-state index contributed by atoms with van der Waals surface area (Å²) in [5, 5.41) is 0. The fourth-order valence-electron chi connectivity index (χ4n) is 3.42. The molecule has 21 heavy (non-hydrogen) atoms. The van der Waals surface area contributed by atoms with Crippen molar-refractivity contribution in [1.82, 2.24) is 5.43 Å². The van der Waals surface area contributed by atoms with Gasteiger partial charge in [-0.1, -0.05) is 6.07 Å². The Labute approximate surface area is 122 Å². The van der Waals surface area contributed by atoms with Crippen LogP contribution in [-0.2, 0) is 9.47 Å². The summed E-state index contributed by atoms with van der Waals surface area (Å²) in [6.45, 7) is 1.94. The first-order valence-corrected chi connectivity index (χ1v) is 7.26. The Bertz CT molecular complexity index is 506. The van der Waals surface area contributed by atoms with Crippen LogP contribution in [0, 0.1) is 17.6 Å². The highest BCUT2D eigenvalue weighted by Gasteiger charge is 2.43. The van der Waals surface area contributed by atoms with Gasteiger partial charge in [-0.25, -0.2) is 8.78 Å². The van der Waals surface area contributed by atoms with E-state index in [0.717, 1.165) is 25.3 Å². The minimum Gasteiger partial charge on any atom is -0.378 e. The number of hydrogen-bond acceptors (Lipinski definition) is 4. The van der Waals surface area contributed by atoms with E-state index in [1.54, 1.807) is 6.07 Å². The van der Waals surface area contributed by atoms with E-state index >= 15 is 0 Å². The van der Waals surface area contributed by atoms with Crippen LogP contribution in [0.3, 0.4) is 0 Å². The van der Waals surface area contributed by atoms with Gasteiger partial charge in [0, 0.05) is 25.7 Å². The summed E-state index contributed by atoms with van der Waals surface area (Å²) in [6, 6.07) is 3.72. The molecule has 0 aromatic heterocycles. The van der Waals surface area contributed by atoms with E-state index in [0.29, 0.717) is 25.4 Å². The van der Waals surface area contributed by atoms with Crippen LogP contribution in [0.5, 0.6) is 0 Å². The first-order chi connectivity index (χ1) is 10.1. The lowest BCUT2D eigenvalue weighted by Crippen LogP contribution is -2.45. The summed E-state index contributed by atoms with van der Waals surface area (Å²) < 4.78 is 37.9. The minimum atomic E-state index is -0.848. The second-order valence-corrected chi connectivity index (χ2v) is 5.90. The molecule has 3 atom stereocenters. The highest BCUT2D eigenvalue weighted by molar-refractivity contribution is 5.22. The van der Waals surface area contributed by atoms with Gasteiger partial charge in [0.15, 0.2) is 11.6 Å². The highest BCUT2D eigenvalue weighted by Crippen LogP contribution is 2.40. The van der Waals surface area contributed by atoms with E-state index in [2.05, 4.69) is 5.43 Å². The fraction of sp³-hybridized carbons (Fsp3) is 0.600. The molecular formula is C15H20F2N2O2. The second-order valence-electron chi connectivity index (χ2n) is 5.90. The van der Waals surface area contributed by atoms with Gasteiger partial charge in [0.1, 0.15) is 0 Å². The van der Waals surface area contributed by atoms with Gasteiger partial charge in [-0.15, -0.1) is 0 Å². The Morgan fingerprint density at radius 2 is 2.14 bits per heavy atom. The molecule has 1 aromatic rings. The molecule has 2 aliphatic rings. The van der Waals surface area contributed by atoms with Crippen molar-refractivity contribution in [1.29, 1.82) is 0 Å². The molecular weight excluding hydrogens is 278 g/mol. The molecule has 2 heterocycles. The summed E-state index contributed by atoms with van der Waals surface area (Å²) in [6.07, 6.45) is 2.51. The SMILES string of the molecule is NNC(c1ccc(F)c(F)c1)C1CCOC2(CCOC2)C1. The van der Waals surface area contributed by atoms with Crippen LogP contribution in [-0.4, -0.2) is 25.4 Å². The van der Waals surface area contributed by atoms with E-state index < -0.39 is 11.6 Å². The van der Waals surface area contributed by atoms with Gasteiger partial charge in [0.05, 0.1) is 12.2 Å². The van der Waals surface area contributed by atoms with Crippen molar-refractivity contribution in [2.45, 2.75) is 30.9 Å². The molecule has 0 bridgehead atoms. The molecule has 2 fully saturated rings. The van der Waals surface area contributed by atoms with Gasteiger partial charge in [0.25, 0.3) is 0 Å². The van der Waals surface area contributed by atoms with Gasteiger partial charge in [-0.05, 0) is 36.5 Å². The number of nitrogens with one attached hydrogen (secondary N) is 1. The summed E-state index contributed by atoms with van der Waals surface area (Å²) in [4.78, 5) is 0. The van der Waals surface area contributed by atoms with Crippen molar-refractivity contribution >= 4 is 0 Å².